The molecular formula is C13H17FN2O3S. The number of esters is 1. The highest BCUT2D eigenvalue weighted by atomic mass is 32.2. The first-order valence-electron chi connectivity index (χ1n) is 6.11. The van der Waals surface area contributed by atoms with Crippen LogP contribution in [0, 0.1) is 5.82 Å². The van der Waals surface area contributed by atoms with Gasteiger partial charge in [-0.2, -0.15) is 0 Å². The number of rotatable bonds is 7. The molecule has 0 spiro atoms. The first-order valence-corrected chi connectivity index (χ1v) is 7.26. The van der Waals surface area contributed by atoms with Crippen LogP contribution in [0.3, 0.4) is 0 Å². The summed E-state index contributed by atoms with van der Waals surface area (Å²) in [7, 11) is 0. The molecule has 0 unspecified atom stereocenters. The minimum Gasteiger partial charge on any atom is -0.465 e. The van der Waals surface area contributed by atoms with Crippen LogP contribution in [0.1, 0.15) is 13.3 Å². The number of anilines is 2. The van der Waals surface area contributed by atoms with E-state index in [1.165, 1.54) is 30.0 Å². The third kappa shape index (κ3) is 5.92. The molecular weight excluding hydrogens is 283 g/mol. The second kappa shape index (κ2) is 8.42. The summed E-state index contributed by atoms with van der Waals surface area (Å²) in [6, 6.07) is 3.99. The number of hydrogen-bond donors (Lipinski definition) is 2. The van der Waals surface area contributed by atoms with Crippen LogP contribution in [-0.2, 0) is 14.3 Å². The Morgan fingerprint density at radius 3 is 2.85 bits per heavy atom. The van der Waals surface area contributed by atoms with E-state index in [9.17, 15) is 14.0 Å². The molecule has 0 aliphatic carbocycles. The third-order valence-corrected chi connectivity index (χ3v) is 3.21. The molecule has 0 atom stereocenters. The molecule has 0 bridgehead atoms. The molecule has 3 N–H and O–H groups in total. The van der Waals surface area contributed by atoms with Gasteiger partial charge < -0.3 is 15.8 Å². The van der Waals surface area contributed by atoms with Crippen molar-refractivity contribution in [1.82, 2.24) is 0 Å². The van der Waals surface area contributed by atoms with Crippen molar-refractivity contribution < 1.29 is 18.7 Å². The highest BCUT2D eigenvalue weighted by molar-refractivity contribution is 7.99. The van der Waals surface area contributed by atoms with E-state index in [2.05, 4.69) is 5.32 Å². The van der Waals surface area contributed by atoms with E-state index in [0.717, 1.165) is 0 Å². The molecule has 0 saturated heterocycles. The van der Waals surface area contributed by atoms with Gasteiger partial charge >= 0.3 is 5.97 Å². The lowest BCUT2D eigenvalue weighted by Gasteiger charge is -2.06. The Bertz CT molecular complexity index is 483. The fraction of sp³-hybridized carbons (Fsp3) is 0.385. The predicted octanol–water partition coefficient (Wildman–Crippen LogP) is 2.03. The quantitative estimate of drug-likeness (QED) is 0.457. The lowest BCUT2D eigenvalue weighted by atomic mass is 10.2. The van der Waals surface area contributed by atoms with Gasteiger partial charge in [-0.3, -0.25) is 9.59 Å². The molecule has 1 aromatic carbocycles. The molecule has 20 heavy (non-hydrogen) atoms. The molecule has 1 amide bonds. The third-order valence-electron chi connectivity index (χ3n) is 2.28. The van der Waals surface area contributed by atoms with Gasteiger partial charge in [0.1, 0.15) is 5.82 Å². The maximum atomic E-state index is 12.9. The van der Waals surface area contributed by atoms with Crippen molar-refractivity contribution in [1.29, 1.82) is 0 Å². The Morgan fingerprint density at radius 1 is 1.45 bits per heavy atom. The number of nitrogens with two attached hydrogens (primary N) is 1. The van der Waals surface area contributed by atoms with E-state index in [1.54, 1.807) is 6.92 Å². The highest BCUT2D eigenvalue weighted by Crippen LogP contribution is 2.16. The molecule has 0 heterocycles. The Kier molecular flexibility index (Phi) is 6.86. The van der Waals surface area contributed by atoms with Crippen LogP contribution < -0.4 is 11.1 Å². The molecule has 0 saturated carbocycles. The van der Waals surface area contributed by atoms with Gasteiger partial charge in [0.25, 0.3) is 0 Å². The Morgan fingerprint density at radius 2 is 2.20 bits per heavy atom. The first-order chi connectivity index (χ1) is 9.52. The number of nitrogens with one attached hydrogen (secondary N) is 1. The van der Waals surface area contributed by atoms with Gasteiger partial charge in [-0.05, 0) is 25.1 Å². The van der Waals surface area contributed by atoms with Crippen LogP contribution in [0.5, 0.6) is 0 Å². The zero-order valence-corrected chi connectivity index (χ0v) is 12.0. The Labute approximate surface area is 121 Å². The largest absolute Gasteiger partial charge is 0.465 e. The number of halogens is 1. The summed E-state index contributed by atoms with van der Waals surface area (Å²) in [6.07, 6.45) is 0.251. The minimum atomic E-state index is -0.520. The van der Waals surface area contributed by atoms with E-state index < -0.39 is 5.82 Å². The number of hydrogen-bond acceptors (Lipinski definition) is 5. The molecule has 1 aromatic rings. The standard InChI is InChI=1S/C13H17FN2O3S/c1-2-19-13(18)8-20-6-5-12(17)16-9-3-4-10(14)11(15)7-9/h3-4,7H,2,5-6,8,15H2,1H3,(H,16,17). The number of carbonyl (C=O) groups excluding carboxylic acids is 2. The average molecular weight is 300 g/mol. The van der Waals surface area contributed by atoms with Gasteiger partial charge in [0, 0.05) is 17.9 Å². The van der Waals surface area contributed by atoms with Gasteiger partial charge in [0.2, 0.25) is 5.91 Å². The fourth-order valence-electron chi connectivity index (χ4n) is 1.37. The number of nitrogen functional groups attached to an aromatic ring is 1. The lowest BCUT2D eigenvalue weighted by Crippen LogP contribution is -2.13. The van der Waals surface area contributed by atoms with Crippen molar-refractivity contribution in [3.05, 3.63) is 24.0 Å². The molecule has 0 radical (unpaired) electrons. The van der Waals surface area contributed by atoms with Crippen molar-refractivity contribution in [3.8, 4) is 0 Å². The van der Waals surface area contributed by atoms with Gasteiger partial charge in [-0.1, -0.05) is 0 Å². The molecule has 0 aromatic heterocycles. The van der Waals surface area contributed by atoms with E-state index >= 15 is 0 Å². The molecule has 7 heteroatoms. The number of thioether (sulfide) groups is 1. The Balaban J connectivity index is 2.26. The van der Waals surface area contributed by atoms with Gasteiger partial charge in [0.15, 0.2) is 0 Å². The van der Waals surface area contributed by atoms with Crippen LogP contribution in [-0.4, -0.2) is 30.0 Å². The summed E-state index contributed by atoms with van der Waals surface area (Å²) in [5.41, 5.74) is 5.83. The summed E-state index contributed by atoms with van der Waals surface area (Å²) in [5.74, 6) is -0.295. The maximum Gasteiger partial charge on any atom is 0.315 e. The minimum absolute atomic E-state index is 0.0144. The van der Waals surface area contributed by atoms with Crippen molar-refractivity contribution in [2.75, 3.05) is 29.2 Å². The van der Waals surface area contributed by atoms with Crippen molar-refractivity contribution in [3.63, 3.8) is 0 Å². The predicted molar refractivity (Wildman–Crippen MR) is 78.0 cm³/mol. The maximum absolute atomic E-state index is 12.9. The summed E-state index contributed by atoms with van der Waals surface area (Å²) in [4.78, 5) is 22.7. The monoisotopic (exact) mass is 300 g/mol. The molecule has 110 valence electrons. The number of ether oxygens (including phenoxy) is 1. The average Bonchev–Trinajstić information content (AvgIpc) is 2.39. The SMILES string of the molecule is CCOC(=O)CSCCC(=O)Nc1ccc(F)c(N)c1. The number of benzene rings is 1. The summed E-state index contributed by atoms with van der Waals surface area (Å²) in [6.45, 7) is 2.09. The molecule has 0 aliphatic rings. The number of amides is 1. The van der Waals surface area contributed by atoms with Gasteiger partial charge in [-0.25, -0.2) is 4.39 Å². The van der Waals surface area contributed by atoms with E-state index in [4.69, 9.17) is 10.5 Å². The fourth-order valence-corrected chi connectivity index (χ4v) is 2.09. The molecule has 5 nitrogen and oxygen atoms in total. The second-order valence-corrected chi connectivity index (χ2v) is 5.00. The highest BCUT2D eigenvalue weighted by Gasteiger charge is 2.06. The van der Waals surface area contributed by atoms with E-state index in [1.807, 2.05) is 0 Å². The van der Waals surface area contributed by atoms with E-state index in [0.29, 0.717) is 18.0 Å². The summed E-state index contributed by atoms with van der Waals surface area (Å²) >= 11 is 1.33. The first kappa shape index (κ1) is 16.3. The zero-order valence-electron chi connectivity index (χ0n) is 11.1. The molecule has 1 rings (SSSR count). The van der Waals surface area contributed by atoms with Crippen molar-refractivity contribution in [2.45, 2.75) is 13.3 Å². The second-order valence-electron chi connectivity index (χ2n) is 3.89. The zero-order chi connectivity index (χ0) is 15.0. The topological polar surface area (TPSA) is 81.4 Å². The van der Waals surface area contributed by atoms with Crippen LogP contribution in [0.4, 0.5) is 15.8 Å². The summed E-state index contributed by atoms with van der Waals surface area (Å²) < 4.78 is 17.7. The number of carbonyl (C=O) groups is 2. The van der Waals surface area contributed by atoms with Gasteiger partial charge in [0.05, 0.1) is 18.0 Å². The molecule has 0 fully saturated rings. The smallest absolute Gasteiger partial charge is 0.315 e. The van der Waals surface area contributed by atoms with Crippen molar-refractivity contribution >= 4 is 35.0 Å². The normalized spacial score (nSPS) is 10.1. The van der Waals surface area contributed by atoms with Crippen molar-refractivity contribution in [2.24, 2.45) is 0 Å². The summed E-state index contributed by atoms with van der Waals surface area (Å²) in [5, 5.41) is 2.61. The van der Waals surface area contributed by atoms with Crippen LogP contribution in [0.15, 0.2) is 18.2 Å². The molecule has 0 aliphatic heterocycles. The Hall–Kier alpha value is -1.76. The van der Waals surface area contributed by atoms with E-state index in [-0.39, 0.29) is 29.7 Å². The van der Waals surface area contributed by atoms with Crippen LogP contribution in [0.25, 0.3) is 0 Å². The van der Waals surface area contributed by atoms with Gasteiger partial charge in [-0.15, -0.1) is 11.8 Å². The van der Waals surface area contributed by atoms with Crippen LogP contribution >= 0.6 is 11.8 Å². The lowest BCUT2D eigenvalue weighted by molar-refractivity contribution is -0.139. The van der Waals surface area contributed by atoms with Crippen LogP contribution in [0.2, 0.25) is 0 Å².